The number of halogens is 1. The highest BCUT2D eigenvalue weighted by Crippen LogP contribution is 2.29. The van der Waals surface area contributed by atoms with Crippen molar-refractivity contribution in [3.8, 4) is 11.1 Å². The maximum atomic E-state index is 13.8. The van der Waals surface area contributed by atoms with E-state index in [9.17, 15) is 4.39 Å². The lowest BCUT2D eigenvalue weighted by Crippen LogP contribution is -2.03. The van der Waals surface area contributed by atoms with E-state index in [2.05, 4.69) is 29.0 Å². The molecule has 0 bridgehead atoms. The van der Waals surface area contributed by atoms with Crippen molar-refractivity contribution in [3.05, 3.63) is 83.4 Å². The SMILES string of the molecule is Cc1ccc2c(c1)CC(c1ccc(-c3ccccc3F)cn1)=N2. The Morgan fingerprint density at radius 2 is 1.87 bits per heavy atom. The van der Waals surface area contributed by atoms with E-state index in [0.717, 1.165) is 29.1 Å². The highest BCUT2D eigenvalue weighted by molar-refractivity contribution is 6.05. The molecule has 0 amide bonds. The molecule has 23 heavy (non-hydrogen) atoms. The molecule has 2 heterocycles. The van der Waals surface area contributed by atoms with Gasteiger partial charge < -0.3 is 0 Å². The van der Waals surface area contributed by atoms with Crippen LogP contribution in [0.3, 0.4) is 0 Å². The number of hydrogen-bond acceptors (Lipinski definition) is 2. The van der Waals surface area contributed by atoms with Crippen LogP contribution in [0.25, 0.3) is 11.1 Å². The van der Waals surface area contributed by atoms with Gasteiger partial charge in [-0.05, 0) is 30.7 Å². The van der Waals surface area contributed by atoms with Crippen molar-refractivity contribution in [1.29, 1.82) is 0 Å². The first kappa shape index (κ1) is 13.8. The van der Waals surface area contributed by atoms with Crippen molar-refractivity contribution in [2.24, 2.45) is 4.99 Å². The van der Waals surface area contributed by atoms with Crippen molar-refractivity contribution >= 4 is 11.4 Å². The van der Waals surface area contributed by atoms with E-state index in [1.165, 1.54) is 17.2 Å². The third kappa shape index (κ3) is 2.55. The first-order chi connectivity index (χ1) is 11.2. The number of aliphatic imine (C=N–C) groups is 1. The van der Waals surface area contributed by atoms with E-state index in [1.807, 2.05) is 24.3 Å². The Bertz CT molecular complexity index is 911. The normalized spacial score (nSPS) is 12.9. The maximum Gasteiger partial charge on any atom is 0.131 e. The molecule has 2 nitrogen and oxygen atoms in total. The van der Waals surface area contributed by atoms with E-state index >= 15 is 0 Å². The van der Waals surface area contributed by atoms with Crippen LogP contribution in [-0.2, 0) is 6.42 Å². The molecule has 1 aliphatic rings. The minimum absolute atomic E-state index is 0.233. The van der Waals surface area contributed by atoms with Crippen molar-refractivity contribution in [3.63, 3.8) is 0 Å². The third-order valence-electron chi connectivity index (χ3n) is 4.09. The average molecular weight is 302 g/mol. The minimum Gasteiger partial charge on any atom is -0.254 e. The molecule has 1 aromatic heterocycles. The van der Waals surface area contributed by atoms with Gasteiger partial charge in [-0.3, -0.25) is 9.98 Å². The van der Waals surface area contributed by atoms with Crippen LogP contribution in [-0.4, -0.2) is 10.7 Å². The first-order valence-electron chi connectivity index (χ1n) is 7.59. The molecule has 0 unspecified atom stereocenters. The Balaban J connectivity index is 1.64. The van der Waals surface area contributed by atoms with E-state index in [0.29, 0.717) is 5.56 Å². The van der Waals surface area contributed by atoms with Crippen molar-refractivity contribution < 1.29 is 4.39 Å². The smallest absolute Gasteiger partial charge is 0.131 e. The first-order valence-corrected chi connectivity index (χ1v) is 7.59. The molecule has 0 saturated heterocycles. The van der Waals surface area contributed by atoms with Crippen LogP contribution >= 0.6 is 0 Å². The van der Waals surface area contributed by atoms with Gasteiger partial charge in [0.2, 0.25) is 0 Å². The third-order valence-corrected chi connectivity index (χ3v) is 4.09. The molecule has 0 atom stereocenters. The fraction of sp³-hybridized carbons (Fsp3) is 0.100. The van der Waals surface area contributed by atoms with Crippen molar-refractivity contribution in [2.45, 2.75) is 13.3 Å². The molecule has 0 N–H and O–H groups in total. The number of fused-ring (bicyclic) bond motifs is 1. The fourth-order valence-corrected chi connectivity index (χ4v) is 2.90. The second-order valence-corrected chi connectivity index (χ2v) is 5.78. The highest BCUT2D eigenvalue weighted by atomic mass is 19.1. The van der Waals surface area contributed by atoms with Crippen LogP contribution in [0.1, 0.15) is 16.8 Å². The molecule has 4 rings (SSSR count). The monoisotopic (exact) mass is 302 g/mol. The Labute approximate surface area is 134 Å². The Morgan fingerprint density at radius 1 is 1.00 bits per heavy atom. The lowest BCUT2D eigenvalue weighted by molar-refractivity contribution is 0.631. The number of rotatable bonds is 2. The van der Waals surface area contributed by atoms with Gasteiger partial charge in [-0.1, -0.05) is 42.0 Å². The Kier molecular flexibility index (Phi) is 3.27. The molecular formula is C20H15FN2. The summed E-state index contributed by atoms with van der Waals surface area (Å²) in [5.74, 6) is -0.233. The lowest BCUT2D eigenvalue weighted by Gasteiger charge is -2.04. The molecule has 0 fully saturated rings. The largest absolute Gasteiger partial charge is 0.254 e. The molecule has 112 valence electrons. The zero-order valence-corrected chi connectivity index (χ0v) is 12.8. The Morgan fingerprint density at radius 3 is 2.65 bits per heavy atom. The molecular weight excluding hydrogens is 287 g/mol. The standard InChI is InChI=1S/C20H15FN2/c1-13-6-8-18-15(10-13)11-20(23-18)19-9-7-14(12-22-19)16-4-2-3-5-17(16)21/h2-10,12H,11H2,1H3. The predicted molar refractivity (Wildman–Crippen MR) is 90.7 cm³/mol. The second-order valence-electron chi connectivity index (χ2n) is 5.78. The summed E-state index contributed by atoms with van der Waals surface area (Å²) in [6.07, 6.45) is 2.51. The number of nitrogens with zero attached hydrogens (tertiary/aromatic N) is 2. The van der Waals surface area contributed by atoms with Gasteiger partial charge in [0.1, 0.15) is 5.82 Å². The topological polar surface area (TPSA) is 25.2 Å². The summed E-state index contributed by atoms with van der Waals surface area (Å²) in [7, 11) is 0. The number of aromatic nitrogens is 1. The summed E-state index contributed by atoms with van der Waals surface area (Å²) < 4.78 is 13.8. The van der Waals surface area contributed by atoms with Gasteiger partial charge >= 0.3 is 0 Å². The van der Waals surface area contributed by atoms with Crippen LogP contribution < -0.4 is 0 Å². The second kappa shape index (κ2) is 5.43. The summed E-state index contributed by atoms with van der Waals surface area (Å²) in [5.41, 5.74) is 6.65. The van der Waals surface area contributed by atoms with Crippen molar-refractivity contribution in [1.82, 2.24) is 4.98 Å². The zero-order chi connectivity index (χ0) is 15.8. The zero-order valence-electron chi connectivity index (χ0n) is 12.8. The summed E-state index contributed by atoms with van der Waals surface area (Å²) in [4.78, 5) is 9.15. The van der Waals surface area contributed by atoms with Crippen LogP contribution in [0.15, 0.2) is 65.8 Å². The molecule has 1 aliphatic heterocycles. The summed E-state index contributed by atoms with van der Waals surface area (Å²) in [6, 6.07) is 16.8. The summed E-state index contributed by atoms with van der Waals surface area (Å²) >= 11 is 0. The van der Waals surface area contributed by atoms with Gasteiger partial charge in [-0.25, -0.2) is 4.39 Å². The molecule has 0 radical (unpaired) electrons. The number of aryl methyl sites for hydroxylation is 1. The Hall–Kier alpha value is -2.81. The number of pyridine rings is 1. The van der Waals surface area contributed by atoms with Crippen molar-refractivity contribution in [2.75, 3.05) is 0 Å². The van der Waals surface area contributed by atoms with Gasteiger partial charge in [0, 0.05) is 23.7 Å². The quantitative estimate of drug-likeness (QED) is 0.662. The number of hydrogen-bond donors (Lipinski definition) is 0. The van der Waals surface area contributed by atoms with E-state index in [4.69, 9.17) is 0 Å². The van der Waals surface area contributed by atoms with E-state index in [1.54, 1.807) is 18.3 Å². The average Bonchev–Trinajstić information content (AvgIpc) is 2.98. The molecule has 0 saturated carbocycles. The van der Waals surface area contributed by atoms with Crippen LogP contribution in [0.5, 0.6) is 0 Å². The van der Waals surface area contributed by atoms with Crippen LogP contribution in [0.2, 0.25) is 0 Å². The van der Waals surface area contributed by atoms with Crippen LogP contribution in [0, 0.1) is 12.7 Å². The highest BCUT2D eigenvalue weighted by Gasteiger charge is 2.17. The van der Waals surface area contributed by atoms with E-state index < -0.39 is 0 Å². The predicted octanol–water partition coefficient (Wildman–Crippen LogP) is 4.87. The van der Waals surface area contributed by atoms with Gasteiger partial charge in [0.05, 0.1) is 17.1 Å². The van der Waals surface area contributed by atoms with Crippen LogP contribution in [0.4, 0.5) is 10.1 Å². The summed E-state index contributed by atoms with van der Waals surface area (Å²) in [5, 5.41) is 0. The van der Waals surface area contributed by atoms with Gasteiger partial charge in [0.25, 0.3) is 0 Å². The fourth-order valence-electron chi connectivity index (χ4n) is 2.90. The minimum atomic E-state index is -0.233. The molecule has 2 aromatic carbocycles. The van der Waals surface area contributed by atoms with Gasteiger partial charge in [-0.2, -0.15) is 0 Å². The van der Waals surface area contributed by atoms with Gasteiger partial charge in [-0.15, -0.1) is 0 Å². The molecule has 3 heteroatoms. The molecule has 3 aromatic rings. The maximum absolute atomic E-state index is 13.8. The molecule has 0 aliphatic carbocycles. The van der Waals surface area contributed by atoms with Gasteiger partial charge in [0.15, 0.2) is 0 Å². The number of benzene rings is 2. The van der Waals surface area contributed by atoms with E-state index in [-0.39, 0.29) is 5.82 Å². The summed E-state index contributed by atoms with van der Waals surface area (Å²) in [6.45, 7) is 2.08. The lowest BCUT2D eigenvalue weighted by atomic mass is 10.0. The molecule has 0 spiro atoms.